The SMILES string of the molecule is [Ba+2].[Co+2].[La+3].[Mn+2].[O-2]. The second kappa shape index (κ2) is 25.1. The van der Waals surface area contributed by atoms with E-state index in [2.05, 4.69) is 0 Å². The predicted octanol–water partition coefficient (Wildman–Crippen LogP) is -0.505. The molecule has 0 atom stereocenters. The summed E-state index contributed by atoms with van der Waals surface area (Å²) in [6, 6.07) is 0. The van der Waals surface area contributed by atoms with Crippen LogP contribution >= 0.6 is 0 Å². The molecule has 0 aromatic heterocycles. The van der Waals surface area contributed by atoms with Crippen molar-refractivity contribution >= 4 is 48.9 Å². The van der Waals surface area contributed by atoms with Crippen LogP contribution in [0.15, 0.2) is 0 Å². The summed E-state index contributed by atoms with van der Waals surface area (Å²) in [4.78, 5) is 0. The molecule has 5 heteroatoms. The summed E-state index contributed by atoms with van der Waals surface area (Å²) in [6.45, 7) is 0. The summed E-state index contributed by atoms with van der Waals surface area (Å²) in [5.41, 5.74) is 0. The van der Waals surface area contributed by atoms with Crippen LogP contribution in [0.5, 0.6) is 0 Å². The maximum absolute atomic E-state index is 0. The van der Waals surface area contributed by atoms with Crippen LogP contribution in [0.2, 0.25) is 0 Å². The summed E-state index contributed by atoms with van der Waals surface area (Å²) in [5, 5.41) is 0. The molecule has 0 aliphatic rings. The molecule has 0 bridgehead atoms. The van der Waals surface area contributed by atoms with Crippen LogP contribution in [0.25, 0.3) is 0 Å². The molecule has 0 spiro atoms. The first kappa shape index (κ1) is 37.4. The zero-order valence-corrected chi connectivity index (χ0v) is 12.7. The number of rotatable bonds is 0. The van der Waals surface area contributed by atoms with E-state index in [0.29, 0.717) is 0 Å². The molecule has 0 saturated carbocycles. The minimum Gasteiger partial charge on any atom is -2.00 e. The molecule has 2 radical (unpaired) electrons. The standard InChI is InChI=1S/Ba.Co.La.Mn.O/q2*+2;+3;+2;-2. The van der Waals surface area contributed by atoms with E-state index >= 15 is 0 Å². The molecule has 0 unspecified atom stereocenters. The molecular formula is BaCoLaMnO+7. The third-order valence-electron chi connectivity index (χ3n) is 0. The smallest absolute Gasteiger partial charge is 2.00 e. The largest absolute Gasteiger partial charge is 3.00 e. The van der Waals surface area contributed by atoms with Gasteiger partial charge in [0.25, 0.3) is 0 Å². The summed E-state index contributed by atoms with van der Waals surface area (Å²) in [6.07, 6.45) is 0. The van der Waals surface area contributed by atoms with Crippen LogP contribution in [-0.4, -0.2) is 48.9 Å². The van der Waals surface area contributed by atoms with E-state index in [9.17, 15) is 0 Å². The Bertz CT molecular complexity index is 11.6. The fourth-order valence-corrected chi connectivity index (χ4v) is 0. The third-order valence-corrected chi connectivity index (χ3v) is 0. The molecule has 0 saturated heterocycles. The quantitative estimate of drug-likeness (QED) is 0.486. The second-order valence-electron chi connectivity index (χ2n) is 0. The predicted molar refractivity (Wildman–Crippen MR) is 6.44 cm³/mol. The van der Waals surface area contributed by atoms with Crippen LogP contribution in [0.4, 0.5) is 0 Å². The van der Waals surface area contributed by atoms with Crippen LogP contribution in [0.3, 0.4) is 0 Å². The normalized spacial score (nSPS) is 0. The van der Waals surface area contributed by atoms with E-state index in [1.54, 1.807) is 0 Å². The van der Waals surface area contributed by atoms with Gasteiger partial charge in [0.2, 0.25) is 0 Å². The van der Waals surface area contributed by atoms with Crippen LogP contribution < -0.4 is 0 Å². The fourth-order valence-electron chi connectivity index (χ4n) is 0. The Morgan fingerprint density at radius 3 is 1.00 bits per heavy atom. The van der Waals surface area contributed by atoms with E-state index in [1.165, 1.54) is 0 Å². The summed E-state index contributed by atoms with van der Waals surface area (Å²) >= 11 is 0. The van der Waals surface area contributed by atoms with E-state index < -0.39 is 0 Å². The van der Waals surface area contributed by atoms with Gasteiger partial charge in [0.1, 0.15) is 0 Å². The summed E-state index contributed by atoms with van der Waals surface area (Å²) in [7, 11) is 0. The average molecular weight is 406 g/mol. The molecule has 0 rings (SSSR count). The van der Waals surface area contributed by atoms with Gasteiger partial charge in [0.05, 0.1) is 0 Å². The first-order chi connectivity index (χ1) is 0. The fraction of sp³-hybridized carbons (Fsp3) is 0. The van der Waals surface area contributed by atoms with Gasteiger partial charge in [0, 0.05) is 0 Å². The Morgan fingerprint density at radius 1 is 1.00 bits per heavy atom. The van der Waals surface area contributed by atoms with Gasteiger partial charge >= 0.3 is 118 Å². The maximum atomic E-state index is 0. The van der Waals surface area contributed by atoms with Crippen molar-refractivity contribution in [2.24, 2.45) is 0 Å². The van der Waals surface area contributed by atoms with Crippen molar-refractivity contribution in [2.45, 2.75) is 0 Å². The van der Waals surface area contributed by atoms with Crippen LogP contribution in [0.1, 0.15) is 0 Å². The van der Waals surface area contributed by atoms with Crippen molar-refractivity contribution in [3.8, 4) is 0 Å². The first-order valence-electron chi connectivity index (χ1n) is 0. The molecule has 0 aromatic rings. The minimum absolute atomic E-state index is 0. The Hall–Kier alpha value is 3.75. The van der Waals surface area contributed by atoms with Crippen LogP contribution in [0, 0.1) is 35.6 Å². The van der Waals surface area contributed by atoms with E-state index in [-0.39, 0.29) is 124 Å². The van der Waals surface area contributed by atoms with Crippen molar-refractivity contribution in [3.05, 3.63) is 0 Å². The molecule has 0 aliphatic carbocycles. The second-order valence-corrected chi connectivity index (χ2v) is 0. The van der Waals surface area contributed by atoms with E-state index in [4.69, 9.17) is 0 Å². The Balaban J connectivity index is 0. The Morgan fingerprint density at radius 2 is 1.00 bits per heavy atom. The van der Waals surface area contributed by atoms with Gasteiger partial charge in [-0.25, -0.2) is 0 Å². The monoisotopic (exact) mass is 407 g/mol. The van der Waals surface area contributed by atoms with Gasteiger partial charge in [-0.05, 0) is 0 Å². The van der Waals surface area contributed by atoms with Crippen molar-refractivity contribution in [2.75, 3.05) is 0 Å². The minimum atomic E-state index is 0. The van der Waals surface area contributed by atoms with Crippen molar-refractivity contribution in [1.29, 1.82) is 0 Å². The Kier molecular flexibility index (Phi) is 188. The summed E-state index contributed by atoms with van der Waals surface area (Å²) < 4.78 is 0. The van der Waals surface area contributed by atoms with Gasteiger partial charge in [0.15, 0.2) is 0 Å². The zero-order chi connectivity index (χ0) is 0. The topological polar surface area (TPSA) is 28.5 Å². The maximum Gasteiger partial charge on any atom is 3.00 e. The van der Waals surface area contributed by atoms with Gasteiger partial charge in [-0.2, -0.15) is 0 Å². The van der Waals surface area contributed by atoms with Gasteiger partial charge < -0.3 is 5.48 Å². The molecule has 0 aliphatic heterocycles. The zero-order valence-electron chi connectivity index (χ0n) is 2.40. The molecule has 20 valence electrons. The van der Waals surface area contributed by atoms with E-state index in [0.717, 1.165) is 0 Å². The number of hydrogen-bond donors (Lipinski definition) is 0. The van der Waals surface area contributed by atoms with Crippen molar-refractivity contribution in [1.82, 2.24) is 0 Å². The van der Waals surface area contributed by atoms with Gasteiger partial charge in [-0.1, -0.05) is 0 Å². The van der Waals surface area contributed by atoms with Gasteiger partial charge in [-0.15, -0.1) is 0 Å². The molecule has 0 aromatic carbocycles. The van der Waals surface area contributed by atoms with E-state index in [1.807, 2.05) is 0 Å². The molecule has 0 heterocycles. The average Bonchev–Trinajstić information content (AvgIpc) is 0. The molecule has 5 heavy (non-hydrogen) atoms. The van der Waals surface area contributed by atoms with Crippen molar-refractivity contribution in [3.63, 3.8) is 0 Å². The summed E-state index contributed by atoms with van der Waals surface area (Å²) in [5.74, 6) is 0. The van der Waals surface area contributed by atoms with Crippen molar-refractivity contribution < 1.29 is 74.9 Å². The molecule has 0 N–H and O–H groups in total. The molecule has 0 amide bonds. The van der Waals surface area contributed by atoms with Gasteiger partial charge in [-0.3, -0.25) is 0 Å². The molecule has 1 nitrogen and oxygen atoms in total. The van der Waals surface area contributed by atoms with Crippen LogP contribution in [-0.2, 0) is 39.3 Å². The molecule has 0 fully saturated rings. The number of hydrogen-bond acceptors (Lipinski definition) is 0. The first-order valence-corrected chi connectivity index (χ1v) is 0. The Labute approximate surface area is 120 Å². The third kappa shape index (κ3) is 18.2. The molecular weight excluding hydrogens is 406 g/mol.